The van der Waals surface area contributed by atoms with Gasteiger partial charge in [-0.3, -0.25) is 38.8 Å². The lowest BCUT2D eigenvalue weighted by Crippen LogP contribution is -2.56. The van der Waals surface area contributed by atoms with Gasteiger partial charge in [0.05, 0.1) is 5.69 Å². The highest BCUT2D eigenvalue weighted by atomic mass is 32.2. The Morgan fingerprint density at radius 2 is 0.805 bits per heavy atom. The predicted molar refractivity (Wildman–Crippen MR) is 503 cm³/mol. The van der Waals surface area contributed by atoms with Crippen LogP contribution in [-0.4, -0.2) is 239 Å². The van der Waals surface area contributed by atoms with Gasteiger partial charge in [0.25, 0.3) is 57.8 Å². The number of para-hydroxylation sites is 1. The first kappa shape index (κ1) is 101. The molecule has 0 unspecified atom stereocenters. The number of urea groups is 4. The van der Waals surface area contributed by atoms with Crippen molar-refractivity contribution in [1.29, 1.82) is 0 Å². The van der Waals surface area contributed by atoms with Crippen LogP contribution in [0.5, 0.6) is 0 Å². The van der Waals surface area contributed by atoms with Crippen molar-refractivity contribution in [2.75, 3.05) is 96.8 Å². The molecule has 1 saturated heterocycles. The second-order valence-electron chi connectivity index (χ2n) is 37.1. The van der Waals surface area contributed by atoms with Crippen LogP contribution in [0.4, 0.5) is 46.3 Å². The zero-order chi connectivity index (χ0) is 96.8. The Morgan fingerprint density at radius 1 is 0.436 bits per heavy atom. The first-order valence-electron chi connectivity index (χ1n) is 45.3. The maximum absolute atomic E-state index is 14.1. The highest BCUT2D eigenvalue weighted by Gasteiger charge is 2.37. The zero-order valence-electron chi connectivity index (χ0n) is 78.9. The Labute approximate surface area is 778 Å². The van der Waals surface area contributed by atoms with Crippen LogP contribution in [0, 0.1) is 5.82 Å². The number of hydrogen-bond donors (Lipinski definition) is 10. The van der Waals surface area contributed by atoms with E-state index in [9.17, 15) is 71.6 Å². The molecule has 133 heavy (non-hydrogen) atoms. The minimum Gasteiger partial charge on any atom is -0.340 e. The lowest BCUT2D eigenvalue weighted by molar-refractivity contribution is 0.0639. The van der Waals surface area contributed by atoms with Gasteiger partial charge in [0.2, 0.25) is 0 Å². The van der Waals surface area contributed by atoms with Crippen molar-refractivity contribution in [3.8, 4) is 0 Å². The van der Waals surface area contributed by atoms with Crippen molar-refractivity contribution in [2.24, 2.45) is 14.1 Å². The topological polar surface area (TPSA) is 465 Å². The summed E-state index contributed by atoms with van der Waals surface area (Å²) in [4.78, 5) is 99.8. The standard InChI is InChI=1S/C24H34N6O4S.C23H35FN6O3S.C22H27N5O4S.C22H31N5O4S/c1-28(2)12-7-13-29(3)23(31)20-15-21(26-30(20)4)35(33,34)27-24(32)25-22-18-10-5-8-16(18)14-17-9-6-11-19(17)22;1-14(2)19-8-16(24)9-20(15(3)4)22(19)25-23(31)27-34(32,33)21-10-17(30(7)26-21)13-29(6)18-11-28(5)12-18;1-27(15-7-4-8-15)21(28)18-12-19(25-24-18)32(30,31)26-22(29)23-20-16-9-2-5-13(16)11-14-6-3-10-17(14)20;1-13(2)16-10-7-11-17(14(3)4)20(16)23-22(29)26-32(30,31)19-12-18(24-25-19)21(28)27(5)15-8-6-9-15/h14-15H,5-13H2,1-4H3,(H2,25,27,32);8-10,14-15,18H,11-13H2,1-7H3,(H2,25,27,31);11-12,15H,2-10H2,1H3,(H,24,25)(H2,23,26,29);7,10-15H,6,8-9H2,1-5H3,(H,24,25)(H2,23,26,29). The number of aryl methyl sites for hydroxylation is 6. The van der Waals surface area contributed by atoms with Crippen LogP contribution in [0.15, 0.2) is 86.8 Å². The van der Waals surface area contributed by atoms with E-state index >= 15 is 0 Å². The third-order valence-corrected chi connectivity index (χ3v) is 30.6. The van der Waals surface area contributed by atoms with Gasteiger partial charge in [-0.25, -0.2) is 42.5 Å². The molecule has 37 nitrogen and oxygen atoms in total. The van der Waals surface area contributed by atoms with E-state index in [1.54, 1.807) is 38.0 Å². The fourth-order valence-corrected chi connectivity index (χ4v) is 21.2. The molecule has 10 N–H and O–H groups in total. The first-order valence-corrected chi connectivity index (χ1v) is 51.3. The number of fused-ring (bicyclic) bond motifs is 4. The number of anilines is 4. The van der Waals surface area contributed by atoms with Gasteiger partial charge in [-0.1, -0.05) is 85.7 Å². The fraction of sp³-hybridized carbons (Fsp3) is 0.527. The molecule has 0 radical (unpaired) electrons. The second-order valence-corrected chi connectivity index (χ2v) is 43.7. The molecule has 15 rings (SSSR count). The minimum absolute atomic E-state index is 0.00701. The molecule has 42 heteroatoms. The maximum Gasteiger partial charge on any atom is 0.333 e. The van der Waals surface area contributed by atoms with Gasteiger partial charge >= 0.3 is 24.1 Å². The zero-order valence-corrected chi connectivity index (χ0v) is 82.1. The predicted octanol–water partition coefficient (Wildman–Crippen LogP) is 11.3. The number of aromatic nitrogens is 8. The monoisotopic (exact) mass is 1910 g/mol. The largest absolute Gasteiger partial charge is 0.340 e. The smallest absolute Gasteiger partial charge is 0.333 e. The van der Waals surface area contributed by atoms with Gasteiger partial charge in [0.15, 0.2) is 31.5 Å². The van der Waals surface area contributed by atoms with Gasteiger partial charge < -0.3 is 45.8 Å². The molecular formula is C91H127FN22O15S4. The number of carbonyl (C=O) groups excluding carboxylic acids is 7. The van der Waals surface area contributed by atoms with E-state index in [0.29, 0.717) is 41.6 Å². The molecule has 4 aromatic heterocycles. The molecule has 1 aliphatic heterocycles. The van der Waals surface area contributed by atoms with E-state index in [1.807, 2.05) is 109 Å². The lowest BCUT2D eigenvalue weighted by atomic mass is 9.92. The van der Waals surface area contributed by atoms with Crippen LogP contribution >= 0.6 is 0 Å². The van der Waals surface area contributed by atoms with Gasteiger partial charge in [0.1, 0.15) is 11.5 Å². The molecule has 11 amide bonds. The molecule has 7 aliphatic rings. The maximum atomic E-state index is 14.1. The number of nitrogens with one attached hydrogen (secondary N) is 10. The van der Waals surface area contributed by atoms with E-state index in [4.69, 9.17) is 0 Å². The number of H-pyrrole nitrogens is 2. The van der Waals surface area contributed by atoms with E-state index in [1.165, 1.54) is 73.9 Å². The van der Waals surface area contributed by atoms with E-state index < -0.39 is 70.0 Å². The van der Waals surface area contributed by atoms with Gasteiger partial charge in [-0.05, 0) is 259 Å². The number of likely N-dealkylation sites (N-methyl/N-ethyl adjacent to an activating group) is 2. The normalized spacial score (nSPS) is 15.4. The molecule has 2 saturated carbocycles. The van der Waals surface area contributed by atoms with Crippen LogP contribution < -0.4 is 40.2 Å². The Kier molecular flexibility index (Phi) is 32.0. The molecule has 4 aromatic carbocycles. The van der Waals surface area contributed by atoms with Crippen molar-refractivity contribution in [3.05, 3.63) is 162 Å². The third-order valence-electron chi connectivity index (χ3n) is 25.7. The van der Waals surface area contributed by atoms with Gasteiger partial charge in [0, 0.05) is 127 Å². The Morgan fingerprint density at radius 3 is 1.17 bits per heavy atom. The number of halogens is 1. The number of nitrogens with zero attached hydrogens (tertiary/aromatic N) is 12. The minimum atomic E-state index is -4.27. The third kappa shape index (κ3) is 24.0. The summed E-state index contributed by atoms with van der Waals surface area (Å²) in [7, 11) is -0.739. The van der Waals surface area contributed by atoms with Crippen molar-refractivity contribution < 1.29 is 71.6 Å². The molecule has 5 heterocycles. The number of amides is 11. The second kappa shape index (κ2) is 42.2. The van der Waals surface area contributed by atoms with Gasteiger partial charge in [-0.2, -0.15) is 54.1 Å². The van der Waals surface area contributed by atoms with E-state index in [2.05, 4.69) is 90.3 Å². The highest BCUT2D eigenvalue weighted by molar-refractivity contribution is 7.90. The van der Waals surface area contributed by atoms with Crippen LogP contribution in [0.1, 0.15) is 254 Å². The van der Waals surface area contributed by atoms with Gasteiger partial charge in [-0.15, -0.1) is 0 Å². The summed E-state index contributed by atoms with van der Waals surface area (Å²) < 4.78 is 128. The van der Waals surface area contributed by atoms with Crippen molar-refractivity contribution in [3.63, 3.8) is 0 Å². The Balaban J connectivity index is 0.000000160. The molecule has 722 valence electrons. The molecule has 0 atom stereocenters. The van der Waals surface area contributed by atoms with E-state index in [-0.39, 0.29) is 90.7 Å². The molecule has 8 aromatic rings. The number of benzene rings is 4. The average Bonchev–Trinajstić information content (AvgIpc) is 1.64. The number of sulfonamides is 4. The van der Waals surface area contributed by atoms with Crippen LogP contribution in [-0.2, 0) is 112 Å². The number of aromatic amines is 2. The molecule has 6 aliphatic carbocycles. The average molecular weight is 1920 g/mol. The molecule has 0 spiro atoms. The summed E-state index contributed by atoms with van der Waals surface area (Å²) in [6, 6.07) is 15.3. The number of rotatable bonds is 28. The SMILES string of the molecule is CC(C)c1cc(F)cc(C(C)C)c1NC(=O)NS(=O)(=O)c1cc(CN(C)C2CN(C)C2)n(C)n1.CC(C)c1cccc(C(C)C)c1NC(=O)NS(=O)(=O)c1cc(C(=O)N(C)C2CCC2)n[nH]1.CN(C(=O)c1cc(S(=O)(=O)NC(=O)Nc2c3c(cc4c2CCC4)CCC3)[nH]n1)C1CCC1.CN(C)CCCN(C)C(=O)c1cc(S(=O)(=O)NC(=O)Nc2c3c(cc4c2CCC4)CCC3)nn1C. The van der Waals surface area contributed by atoms with Crippen molar-refractivity contribution in [2.45, 2.75) is 246 Å². The van der Waals surface area contributed by atoms with Crippen LogP contribution in [0.2, 0.25) is 0 Å². The quantitative estimate of drug-likeness (QED) is 0.0218. The lowest BCUT2D eigenvalue weighted by Gasteiger charge is -2.41. The van der Waals surface area contributed by atoms with Crippen molar-refractivity contribution >= 4 is 105 Å². The summed E-state index contributed by atoms with van der Waals surface area (Å²) >= 11 is 0. The number of likely N-dealkylation sites (tertiary alicyclic amines) is 1. The summed E-state index contributed by atoms with van der Waals surface area (Å²) in [5.41, 5.74) is 15.9. The van der Waals surface area contributed by atoms with Crippen LogP contribution in [0.3, 0.4) is 0 Å². The molecule has 3 fully saturated rings. The Bertz CT molecular complexity index is 6070. The Hall–Kier alpha value is -11.2. The van der Waals surface area contributed by atoms with E-state index in [0.717, 1.165) is 198 Å². The summed E-state index contributed by atoms with van der Waals surface area (Å²) in [5, 5.41) is 30.3. The number of hydrogen-bond acceptors (Lipinski definition) is 22. The summed E-state index contributed by atoms with van der Waals surface area (Å²) in [6.07, 6.45) is 18.2. The number of carbonyl (C=O) groups is 7. The fourth-order valence-electron chi connectivity index (χ4n) is 17.7. The van der Waals surface area contributed by atoms with Crippen LogP contribution in [0.25, 0.3) is 0 Å². The first-order chi connectivity index (χ1) is 62.7. The molecular weight excluding hydrogens is 1790 g/mol. The van der Waals surface area contributed by atoms with Crippen molar-refractivity contribution in [1.82, 2.24) is 88.2 Å². The summed E-state index contributed by atoms with van der Waals surface area (Å²) in [5.74, 6) is -1.32. The molecule has 0 bridgehead atoms. The highest BCUT2D eigenvalue weighted by Crippen LogP contribution is 2.42. The summed E-state index contributed by atoms with van der Waals surface area (Å²) in [6.45, 7) is 19.3.